The molecule has 0 spiro atoms. The van der Waals surface area contributed by atoms with Crippen LogP contribution in [-0.2, 0) is 22.5 Å². The molecule has 1 aromatic rings. The van der Waals surface area contributed by atoms with Crippen LogP contribution in [0.1, 0.15) is 31.9 Å². The highest BCUT2D eigenvalue weighted by Gasteiger charge is 2.25. The van der Waals surface area contributed by atoms with Crippen molar-refractivity contribution in [3.63, 3.8) is 0 Å². The molecule has 1 N–H and O–H groups in total. The summed E-state index contributed by atoms with van der Waals surface area (Å²) < 4.78 is 5.19. The maximum absolute atomic E-state index is 12.1. The van der Waals surface area contributed by atoms with E-state index in [2.05, 4.69) is 48.3 Å². The molecule has 116 valence electrons. The topological polar surface area (TPSA) is 41.6 Å². The second-order valence-corrected chi connectivity index (χ2v) is 5.88. The van der Waals surface area contributed by atoms with E-state index in [1.807, 2.05) is 6.92 Å². The van der Waals surface area contributed by atoms with Crippen LogP contribution >= 0.6 is 0 Å². The quantitative estimate of drug-likeness (QED) is 0.813. The van der Waals surface area contributed by atoms with E-state index < -0.39 is 0 Å². The third-order valence-electron chi connectivity index (χ3n) is 3.76. The second kappa shape index (κ2) is 7.57. The highest BCUT2D eigenvalue weighted by molar-refractivity contribution is 5.76. The number of nitrogens with zero attached hydrogens (tertiary/aromatic N) is 1. The van der Waals surface area contributed by atoms with Crippen LogP contribution in [0.25, 0.3) is 0 Å². The molecule has 0 fully saturated rings. The summed E-state index contributed by atoms with van der Waals surface area (Å²) in [6.45, 7) is 8.98. The van der Waals surface area contributed by atoms with Gasteiger partial charge in [0, 0.05) is 25.7 Å². The van der Waals surface area contributed by atoms with Gasteiger partial charge in [-0.15, -0.1) is 0 Å². The first-order valence-corrected chi connectivity index (χ1v) is 7.82. The summed E-state index contributed by atoms with van der Waals surface area (Å²) in [6.07, 6.45) is 1.05. The first-order valence-electron chi connectivity index (χ1n) is 7.82. The Morgan fingerprint density at radius 3 is 2.71 bits per heavy atom. The lowest BCUT2D eigenvalue weighted by molar-refractivity contribution is -0.146. The standard InChI is InChI=1S/C17H26N2O2/c1-4-21-17(20)16(18-13(2)3)12-19-10-9-14-7-5-6-8-15(14)11-19/h5-8,13,16,18H,4,9-12H2,1-3H3. The van der Waals surface area contributed by atoms with E-state index in [0.29, 0.717) is 13.2 Å². The normalized spacial score (nSPS) is 16.6. The van der Waals surface area contributed by atoms with Crippen molar-refractivity contribution < 1.29 is 9.53 Å². The largest absolute Gasteiger partial charge is 0.465 e. The molecule has 1 aliphatic rings. The van der Waals surface area contributed by atoms with Gasteiger partial charge in [-0.3, -0.25) is 9.69 Å². The molecule has 1 unspecified atom stereocenters. The maximum atomic E-state index is 12.1. The van der Waals surface area contributed by atoms with E-state index >= 15 is 0 Å². The molecule has 0 aromatic heterocycles. The first-order chi connectivity index (χ1) is 10.1. The van der Waals surface area contributed by atoms with Crippen LogP contribution < -0.4 is 5.32 Å². The van der Waals surface area contributed by atoms with Crippen molar-refractivity contribution in [3.8, 4) is 0 Å². The molecule has 1 atom stereocenters. The second-order valence-electron chi connectivity index (χ2n) is 5.88. The SMILES string of the molecule is CCOC(=O)C(CN1CCc2ccccc2C1)NC(C)C. The van der Waals surface area contributed by atoms with Gasteiger partial charge >= 0.3 is 5.97 Å². The lowest BCUT2D eigenvalue weighted by Gasteiger charge is -2.32. The van der Waals surface area contributed by atoms with Gasteiger partial charge in [-0.05, 0) is 24.5 Å². The van der Waals surface area contributed by atoms with Gasteiger partial charge in [0.05, 0.1) is 6.61 Å². The number of hydrogen-bond acceptors (Lipinski definition) is 4. The number of ether oxygens (including phenoxy) is 1. The Hall–Kier alpha value is -1.39. The van der Waals surface area contributed by atoms with Crippen molar-refractivity contribution in [1.82, 2.24) is 10.2 Å². The summed E-state index contributed by atoms with van der Waals surface area (Å²) in [5.74, 6) is -0.148. The molecule has 0 saturated carbocycles. The van der Waals surface area contributed by atoms with Gasteiger partial charge in [0.1, 0.15) is 6.04 Å². The van der Waals surface area contributed by atoms with Gasteiger partial charge < -0.3 is 10.1 Å². The van der Waals surface area contributed by atoms with Crippen LogP contribution in [0, 0.1) is 0 Å². The monoisotopic (exact) mass is 290 g/mol. The fraction of sp³-hybridized carbons (Fsp3) is 0.588. The van der Waals surface area contributed by atoms with Crippen LogP contribution in [0.3, 0.4) is 0 Å². The molecule has 1 aliphatic heterocycles. The van der Waals surface area contributed by atoms with E-state index in [1.54, 1.807) is 0 Å². The molecule has 0 saturated heterocycles. The van der Waals surface area contributed by atoms with Crippen LogP contribution in [0.5, 0.6) is 0 Å². The minimum absolute atomic E-state index is 0.148. The Morgan fingerprint density at radius 2 is 2.05 bits per heavy atom. The van der Waals surface area contributed by atoms with Crippen molar-refractivity contribution in [2.75, 3.05) is 19.7 Å². The Labute approximate surface area is 127 Å². The number of hydrogen-bond donors (Lipinski definition) is 1. The summed E-state index contributed by atoms with van der Waals surface area (Å²) in [5, 5.41) is 3.32. The third kappa shape index (κ3) is 4.55. The van der Waals surface area contributed by atoms with Gasteiger partial charge in [0.2, 0.25) is 0 Å². The maximum Gasteiger partial charge on any atom is 0.324 e. The molecule has 1 aromatic carbocycles. The highest BCUT2D eigenvalue weighted by Crippen LogP contribution is 2.18. The molecule has 0 bridgehead atoms. The van der Waals surface area contributed by atoms with Crippen molar-refractivity contribution in [1.29, 1.82) is 0 Å². The van der Waals surface area contributed by atoms with Gasteiger partial charge in [-0.25, -0.2) is 0 Å². The van der Waals surface area contributed by atoms with Gasteiger partial charge in [0.25, 0.3) is 0 Å². The molecule has 4 heteroatoms. The van der Waals surface area contributed by atoms with Crippen molar-refractivity contribution in [2.24, 2.45) is 0 Å². The first kappa shape index (κ1) is 16.0. The van der Waals surface area contributed by atoms with E-state index in [1.165, 1.54) is 11.1 Å². The lowest BCUT2D eigenvalue weighted by atomic mass is 9.99. The molecule has 4 nitrogen and oxygen atoms in total. The predicted octanol–water partition coefficient (Wildman–Crippen LogP) is 1.97. The molecule has 0 amide bonds. The molecule has 0 radical (unpaired) electrons. The molecular formula is C17H26N2O2. The van der Waals surface area contributed by atoms with E-state index in [-0.39, 0.29) is 18.1 Å². The molecule has 1 heterocycles. The minimum atomic E-state index is -0.254. The van der Waals surface area contributed by atoms with Crippen molar-refractivity contribution in [3.05, 3.63) is 35.4 Å². The third-order valence-corrected chi connectivity index (χ3v) is 3.76. The van der Waals surface area contributed by atoms with Crippen LogP contribution in [0.15, 0.2) is 24.3 Å². The summed E-state index contributed by atoms with van der Waals surface area (Å²) in [5.41, 5.74) is 2.80. The van der Waals surface area contributed by atoms with Crippen molar-refractivity contribution >= 4 is 5.97 Å². The molecule has 0 aliphatic carbocycles. The van der Waals surface area contributed by atoms with Crippen LogP contribution in [0.4, 0.5) is 0 Å². The highest BCUT2D eigenvalue weighted by atomic mass is 16.5. The Morgan fingerprint density at radius 1 is 1.33 bits per heavy atom. The van der Waals surface area contributed by atoms with Gasteiger partial charge in [-0.2, -0.15) is 0 Å². The van der Waals surface area contributed by atoms with E-state index in [9.17, 15) is 4.79 Å². The smallest absolute Gasteiger partial charge is 0.324 e. The summed E-state index contributed by atoms with van der Waals surface area (Å²) in [7, 11) is 0. The zero-order valence-electron chi connectivity index (χ0n) is 13.3. The number of carbonyl (C=O) groups excluding carboxylic acids is 1. The predicted molar refractivity (Wildman–Crippen MR) is 84.1 cm³/mol. The number of benzene rings is 1. The zero-order chi connectivity index (χ0) is 15.2. The number of fused-ring (bicyclic) bond motifs is 1. The lowest BCUT2D eigenvalue weighted by Crippen LogP contribution is -2.50. The van der Waals surface area contributed by atoms with E-state index in [0.717, 1.165) is 19.5 Å². The van der Waals surface area contributed by atoms with Crippen molar-refractivity contribution in [2.45, 2.75) is 45.8 Å². The van der Waals surface area contributed by atoms with Crippen LogP contribution in [0.2, 0.25) is 0 Å². The molecule has 21 heavy (non-hydrogen) atoms. The number of rotatable bonds is 6. The zero-order valence-corrected chi connectivity index (χ0v) is 13.3. The molecule has 2 rings (SSSR count). The molecular weight excluding hydrogens is 264 g/mol. The summed E-state index contributed by atoms with van der Waals surface area (Å²) >= 11 is 0. The number of esters is 1. The van der Waals surface area contributed by atoms with Gasteiger partial charge in [-0.1, -0.05) is 38.1 Å². The fourth-order valence-corrected chi connectivity index (χ4v) is 2.81. The fourth-order valence-electron chi connectivity index (χ4n) is 2.81. The Kier molecular flexibility index (Phi) is 5.76. The number of carbonyl (C=O) groups is 1. The Balaban J connectivity index is 1.99. The van der Waals surface area contributed by atoms with Gasteiger partial charge in [0.15, 0.2) is 0 Å². The average molecular weight is 290 g/mol. The van der Waals surface area contributed by atoms with Crippen LogP contribution in [-0.4, -0.2) is 42.6 Å². The minimum Gasteiger partial charge on any atom is -0.465 e. The Bertz CT molecular complexity index is 474. The summed E-state index contributed by atoms with van der Waals surface area (Å²) in [4.78, 5) is 14.4. The average Bonchev–Trinajstić information content (AvgIpc) is 2.46. The van der Waals surface area contributed by atoms with E-state index in [4.69, 9.17) is 4.74 Å². The number of nitrogens with one attached hydrogen (secondary N) is 1. The summed E-state index contributed by atoms with van der Waals surface area (Å²) in [6, 6.07) is 8.55.